The van der Waals surface area contributed by atoms with Crippen molar-refractivity contribution in [3.05, 3.63) is 60.2 Å². The Morgan fingerprint density at radius 1 is 1.10 bits per heavy atom. The Hall–Kier alpha value is -2.13. The van der Waals surface area contributed by atoms with Gasteiger partial charge in [0.1, 0.15) is 0 Å². The van der Waals surface area contributed by atoms with Crippen molar-refractivity contribution in [2.45, 2.75) is 25.8 Å². The van der Waals surface area contributed by atoms with Gasteiger partial charge in [0, 0.05) is 18.2 Å². The first kappa shape index (κ1) is 15.3. The van der Waals surface area contributed by atoms with Crippen LogP contribution in [-0.4, -0.2) is 23.7 Å². The molecule has 0 aliphatic heterocycles. The molecule has 3 nitrogen and oxygen atoms in total. The van der Waals surface area contributed by atoms with Crippen molar-refractivity contribution in [2.24, 2.45) is 0 Å². The molecule has 0 saturated carbocycles. The van der Waals surface area contributed by atoms with Gasteiger partial charge in [-0.1, -0.05) is 48.5 Å². The summed E-state index contributed by atoms with van der Waals surface area (Å²) < 4.78 is 0. The maximum atomic E-state index is 12.4. The van der Waals surface area contributed by atoms with Crippen LogP contribution >= 0.6 is 0 Å². The Balaban J connectivity index is 2.18. The zero-order valence-electron chi connectivity index (χ0n) is 12.3. The maximum absolute atomic E-state index is 12.4. The van der Waals surface area contributed by atoms with Crippen molar-refractivity contribution in [3.8, 4) is 11.1 Å². The predicted octanol–water partition coefficient (Wildman–Crippen LogP) is 3.24. The van der Waals surface area contributed by atoms with Gasteiger partial charge in [-0.2, -0.15) is 0 Å². The van der Waals surface area contributed by atoms with E-state index in [0.29, 0.717) is 12.0 Å². The van der Waals surface area contributed by atoms with Crippen molar-refractivity contribution in [1.29, 1.82) is 0 Å². The summed E-state index contributed by atoms with van der Waals surface area (Å²) in [6, 6.07) is 17.6. The van der Waals surface area contributed by atoms with Gasteiger partial charge in [0.15, 0.2) is 0 Å². The number of aliphatic hydroxyl groups is 1. The van der Waals surface area contributed by atoms with Crippen LogP contribution in [0.2, 0.25) is 0 Å². The third kappa shape index (κ3) is 4.17. The first-order valence-electron chi connectivity index (χ1n) is 7.28. The Morgan fingerprint density at radius 3 is 2.48 bits per heavy atom. The van der Waals surface area contributed by atoms with Crippen LogP contribution in [-0.2, 0) is 0 Å². The quantitative estimate of drug-likeness (QED) is 0.855. The molecule has 2 aromatic rings. The third-order valence-corrected chi connectivity index (χ3v) is 3.43. The summed E-state index contributed by atoms with van der Waals surface area (Å²) in [4.78, 5) is 12.4. The van der Waals surface area contributed by atoms with Crippen LogP contribution < -0.4 is 5.32 Å². The number of rotatable bonds is 6. The molecule has 0 aliphatic rings. The Bertz CT molecular complexity index is 581. The number of aliphatic hydroxyl groups excluding tert-OH is 1. The second-order valence-electron chi connectivity index (χ2n) is 5.15. The fourth-order valence-corrected chi connectivity index (χ4v) is 2.32. The summed E-state index contributed by atoms with van der Waals surface area (Å²) in [7, 11) is 0. The Labute approximate surface area is 125 Å². The standard InChI is InChI=1S/C18H21NO2/c1-14(8-7-13-20)19-18(21)17-12-6-5-11-16(17)15-9-3-2-4-10-15/h2-6,9-12,14,20H,7-8,13H2,1H3,(H,19,21). The van der Waals surface area contributed by atoms with Crippen molar-refractivity contribution in [1.82, 2.24) is 5.32 Å². The highest BCUT2D eigenvalue weighted by atomic mass is 16.2. The van der Waals surface area contributed by atoms with Gasteiger partial charge in [0.05, 0.1) is 0 Å². The molecule has 3 heteroatoms. The van der Waals surface area contributed by atoms with E-state index in [1.807, 2.05) is 61.5 Å². The van der Waals surface area contributed by atoms with Gasteiger partial charge in [-0.15, -0.1) is 0 Å². The van der Waals surface area contributed by atoms with Crippen LogP contribution in [0.15, 0.2) is 54.6 Å². The predicted molar refractivity (Wildman–Crippen MR) is 85.1 cm³/mol. The number of hydrogen-bond donors (Lipinski definition) is 2. The van der Waals surface area contributed by atoms with E-state index in [-0.39, 0.29) is 18.6 Å². The lowest BCUT2D eigenvalue weighted by atomic mass is 9.99. The molecule has 1 amide bonds. The lowest BCUT2D eigenvalue weighted by molar-refractivity contribution is 0.0937. The molecule has 110 valence electrons. The molecule has 0 heterocycles. The smallest absolute Gasteiger partial charge is 0.252 e. The summed E-state index contributed by atoms with van der Waals surface area (Å²) in [5, 5.41) is 11.8. The SMILES string of the molecule is CC(CCCO)NC(=O)c1ccccc1-c1ccccc1. The lowest BCUT2D eigenvalue weighted by Gasteiger charge is -2.15. The summed E-state index contributed by atoms with van der Waals surface area (Å²) in [6.45, 7) is 2.11. The molecule has 2 aromatic carbocycles. The molecule has 2 N–H and O–H groups in total. The largest absolute Gasteiger partial charge is 0.396 e. The molecular weight excluding hydrogens is 262 g/mol. The molecule has 0 saturated heterocycles. The molecular formula is C18H21NO2. The first-order chi connectivity index (χ1) is 10.2. The van der Waals surface area contributed by atoms with E-state index in [0.717, 1.165) is 17.5 Å². The molecule has 0 bridgehead atoms. The topological polar surface area (TPSA) is 49.3 Å². The van der Waals surface area contributed by atoms with Crippen LogP contribution in [0.1, 0.15) is 30.1 Å². The van der Waals surface area contributed by atoms with Gasteiger partial charge < -0.3 is 10.4 Å². The van der Waals surface area contributed by atoms with Gasteiger partial charge in [-0.25, -0.2) is 0 Å². The minimum absolute atomic E-state index is 0.0495. The maximum Gasteiger partial charge on any atom is 0.252 e. The number of benzene rings is 2. The molecule has 0 fully saturated rings. The first-order valence-corrected chi connectivity index (χ1v) is 7.28. The molecule has 21 heavy (non-hydrogen) atoms. The zero-order valence-corrected chi connectivity index (χ0v) is 12.3. The van der Waals surface area contributed by atoms with E-state index in [1.165, 1.54) is 0 Å². The molecule has 1 atom stereocenters. The van der Waals surface area contributed by atoms with Crippen molar-refractivity contribution >= 4 is 5.91 Å². The number of hydrogen-bond acceptors (Lipinski definition) is 2. The Kier molecular flexibility index (Phi) is 5.52. The lowest BCUT2D eigenvalue weighted by Crippen LogP contribution is -2.33. The van der Waals surface area contributed by atoms with E-state index in [9.17, 15) is 4.79 Å². The molecule has 0 radical (unpaired) electrons. The van der Waals surface area contributed by atoms with Crippen LogP contribution in [0.5, 0.6) is 0 Å². The van der Waals surface area contributed by atoms with Gasteiger partial charge in [-0.05, 0) is 37.0 Å². The number of amides is 1. The fourth-order valence-electron chi connectivity index (χ4n) is 2.32. The van der Waals surface area contributed by atoms with E-state index in [2.05, 4.69) is 5.32 Å². The van der Waals surface area contributed by atoms with Gasteiger partial charge in [-0.3, -0.25) is 4.79 Å². The van der Waals surface area contributed by atoms with Gasteiger partial charge >= 0.3 is 0 Å². The highest BCUT2D eigenvalue weighted by Gasteiger charge is 2.14. The van der Waals surface area contributed by atoms with Gasteiger partial charge in [0.25, 0.3) is 5.91 Å². The molecule has 0 aromatic heterocycles. The Morgan fingerprint density at radius 2 is 1.76 bits per heavy atom. The minimum Gasteiger partial charge on any atom is -0.396 e. The second-order valence-corrected chi connectivity index (χ2v) is 5.15. The zero-order chi connectivity index (χ0) is 15.1. The molecule has 2 rings (SSSR count). The van der Waals surface area contributed by atoms with Crippen LogP contribution in [0.4, 0.5) is 0 Å². The summed E-state index contributed by atoms with van der Waals surface area (Å²) in [5.41, 5.74) is 2.65. The average Bonchev–Trinajstić information content (AvgIpc) is 2.53. The van der Waals surface area contributed by atoms with Crippen LogP contribution in [0, 0.1) is 0 Å². The van der Waals surface area contributed by atoms with E-state index >= 15 is 0 Å². The van der Waals surface area contributed by atoms with Crippen molar-refractivity contribution < 1.29 is 9.90 Å². The normalized spacial score (nSPS) is 11.9. The monoisotopic (exact) mass is 283 g/mol. The summed E-state index contributed by atoms with van der Waals surface area (Å²) >= 11 is 0. The summed E-state index contributed by atoms with van der Waals surface area (Å²) in [6.07, 6.45) is 1.47. The van der Waals surface area contributed by atoms with Crippen molar-refractivity contribution in [3.63, 3.8) is 0 Å². The molecule has 1 unspecified atom stereocenters. The van der Waals surface area contributed by atoms with E-state index < -0.39 is 0 Å². The number of carbonyl (C=O) groups is 1. The van der Waals surface area contributed by atoms with Crippen molar-refractivity contribution in [2.75, 3.05) is 6.61 Å². The van der Waals surface area contributed by atoms with Gasteiger partial charge in [0.2, 0.25) is 0 Å². The molecule has 0 spiro atoms. The van der Waals surface area contributed by atoms with Crippen LogP contribution in [0.3, 0.4) is 0 Å². The molecule has 0 aliphatic carbocycles. The van der Waals surface area contributed by atoms with E-state index in [4.69, 9.17) is 5.11 Å². The van der Waals surface area contributed by atoms with E-state index in [1.54, 1.807) is 0 Å². The number of carbonyl (C=O) groups excluding carboxylic acids is 1. The number of nitrogens with one attached hydrogen (secondary N) is 1. The average molecular weight is 283 g/mol. The fraction of sp³-hybridized carbons (Fsp3) is 0.278. The second kappa shape index (κ2) is 7.60. The highest BCUT2D eigenvalue weighted by Crippen LogP contribution is 2.23. The minimum atomic E-state index is -0.0695. The highest BCUT2D eigenvalue weighted by molar-refractivity contribution is 6.01. The summed E-state index contributed by atoms with van der Waals surface area (Å²) in [5.74, 6) is -0.0695. The third-order valence-electron chi connectivity index (χ3n) is 3.43. The van der Waals surface area contributed by atoms with Crippen LogP contribution in [0.25, 0.3) is 11.1 Å².